The maximum absolute atomic E-state index is 9.78. The number of unbranched alkanes of at least 4 members (excludes halogenated alkanes) is 1. The van der Waals surface area contributed by atoms with Gasteiger partial charge in [-0.3, -0.25) is 0 Å². The van der Waals surface area contributed by atoms with Crippen molar-refractivity contribution in [2.75, 3.05) is 6.61 Å². The molecule has 0 saturated heterocycles. The number of hydrogen-bond acceptors (Lipinski definition) is 3. The van der Waals surface area contributed by atoms with Crippen LogP contribution in [0.4, 0.5) is 0 Å². The lowest BCUT2D eigenvalue weighted by atomic mass is 10.1. The van der Waals surface area contributed by atoms with Gasteiger partial charge in [0.25, 0.3) is 0 Å². The molecule has 3 nitrogen and oxygen atoms in total. The highest BCUT2D eigenvalue weighted by Crippen LogP contribution is 2.26. The van der Waals surface area contributed by atoms with Crippen molar-refractivity contribution in [3.63, 3.8) is 0 Å². The van der Waals surface area contributed by atoms with Gasteiger partial charge < -0.3 is 9.84 Å². The lowest BCUT2D eigenvalue weighted by Gasteiger charge is -2.14. The molecule has 1 atom stereocenters. The van der Waals surface area contributed by atoms with E-state index < -0.39 is 6.10 Å². The zero-order valence-electron chi connectivity index (χ0n) is 9.52. The van der Waals surface area contributed by atoms with Crippen LogP contribution >= 0.6 is 0 Å². The summed E-state index contributed by atoms with van der Waals surface area (Å²) in [4.78, 5) is 0. The van der Waals surface area contributed by atoms with Gasteiger partial charge in [0.1, 0.15) is 5.75 Å². The Labute approximate surface area is 96.3 Å². The highest BCUT2D eigenvalue weighted by molar-refractivity contribution is 5.34. The lowest BCUT2D eigenvalue weighted by Crippen LogP contribution is -2.03. The van der Waals surface area contributed by atoms with Gasteiger partial charge in [0, 0.05) is 12.0 Å². The summed E-state index contributed by atoms with van der Waals surface area (Å²) in [6.45, 7) is 2.44. The Morgan fingerprint density at radius 1 is 1.44 bits per heavy atom. The number of nitrogens with zero attached hydrogens (tertiary/aromatic N) is 1. The molecular weight excluding hydrogens is 202 g/mol. The van der Waals surface area contributed by atoms with Crippen LogP contribution in [0.5, 0.6) is 5.75 Å². The molecule has 0 aliphatic carbocycles. The minimum atomic E-state index is -0.479. The van der Waals surface area contributed by atoms with Crippen LogP contribution in [0.15, 0.2) is 24.3 Å². The molecule has 1 N–H and O–H groups in total. The molecule has 0 heterocycles. The summed E-state index contributed by atoms with van der Waals surface area (Å²) in [6, 6.07) is 9.56. The van der Waals surface area contributed by atoms with Crippen molar-refractivity contribution in [2.45, 2.75) is 32.3 Å². The van der Waals surface area contributed by atoms with E-state index in [0.717, 1.165) is 11.3 Å². The molecule has 0 fully saturated rings. The van der Waals surface area contributed by atoms with Gasteiger partial charge in [-0.15, -0.1) is 0 Å². The van der Waals surface area contributed by atoms with E-state index in [1.165, 1.54) is 0 Å². The number of ether oxygens (including phenoxy) is 1. The molecule has 1 aromatic rings. The molecule has 0 spiro atoms. The third-order valence-electron chi connectivity index (χ3n) is 2.36. The van der Waals surface area contributed by atoms with E-state index in [1.54, 1.807) is 0 Å². The first-order chi connectivity index (χ1) is 7.79. The predicted octanol–water partition coefficient (Wildman–Crippen LogP) is 2.81. The van der Waals surface area contributed by atoms with Crippen molar-refractivity contribution in [3.8, 4) is 11.8 Å². The zero-order valence-corrected chi connectivity index (χ0v) is 9.52. The number of para-hydroxylation sites is 1. The molecule has 0 amide bonds. The quantitative estimate of drug-likeness (QED) is 0.748. The smallest absolute Gasteiger partial charge is 0.125 e. The van der Waals surface area contributed by atoms with Crippen LogP contribution in [0.2, 0.25) is 0 Å². The van der Waals surface area contributed by atoms with Gasteiger partial charge in [-0.25, -0.2) is 0 Å². The summed E-state index contributed by atoms with van der Waals surface area (Å²) < 4.78 is 5.55. The fourth-order valence-corrected chi connectivity index (χ4v) is 1.44. The van der Waals surface area contributed by atoms with Crippen LogP contribution in [0.25, 0.3) is 0 Å². The molecular formula is C13H17NO2. The van der Waals surface area contributed by atoms with Crippen LogP contribution in [0.3, 0.4) is 0 Å². The Morgan fingerprint density at radius 3 is 2.88 bits per heavy atom. The third kappa shape index (κ3) is 3.56. The second-order valence-electron chi connectivity index (χ2n) is 3.57. The number of aliphatic hydroxyl groups excluding tert-OH is 1. The topological polar surface area (TPSA) is 53.2 Å². The maximum atomic E-state index is 9.78. The molecule has 0 bridgehead atoms. The first-order valence-electron chi connectivity index (χ1n) is 5.56. The van der Waals surface area contributed by atoms with Crippen LogP contribution in [-0.4, -0.2) is 11.7 Å². The van der Waals surface area contributed by atoms with Crippen molar-refractivity contribution in [3.05, 3.63) is 29.8 Å². The predicted molar refractivity (Wildman–Crippen MR) is 62.0 cm³/mol. The second kappa shape index (κ2) is 6.86. The van der Waals surface area contributed by atoms with Crippen molar-refractivity contribution in [1.29, 1.82) is 5.26 Å². The number of hydrogen-bond donors (Lipinski definition) is 1. The highest BCUT2D eigenvalue weighted by atomic mass is 16.5. The van der Waals surface area contributed by atoms with E-state index >= 15 is 0 Å². The fraction of sp³-hybridized carbons (Fsp3) is 0.462. The Hall–Kier alpha value is -1.53. The number of rotatable bonds is 6. The van der Waals surface area contributed by atoms with Gasteiger partial charge >= 0.3 is 0 Å². The Bertz CT molecular complexity index is 357. The zero-order chi connectivity index (χ0) is 11.8. The Balaban J connectivity index is 2.61. The molecule has 0 aliphatic heterocycles. The molecule has 16 heavy (non-hydrogen) atoms. The summed E-state index contributed by atoms with van der Waals surface area (Å²) in [5.74, 6) is 0.717. The van der Waals surface area contributed by atoms with E-state index in [-0.39, 0.29) is 0 Å². The van der Waals surface area contributed by atoms with Gasteiger partial charge in [-0.05, 0) is 18.9 Å². The van der Waals surface area contributed by atoms with Gasteiger partial charge in [0.05, 0.1) is 18.8 Å². The molecule has 0 saturated carbocycles. The van der Waals surface area contributed by atoms with E-state index in [1.807, 2.05) is 31.2 Å². The molecule has 1 aromatic carbocycles. The average molecular weight is 219 g/mol. The standard InChI is InChI=1S/C13H17NO2/c1-2-12(15)11-7-3-4-8-13(11)16-10-6-5-9-14/h3-4,7-8,12,15H,2,5-6,10H2,1H3/t12-/m0/s1. The molecule has 0 radical (unpaired) electrons. The SMILES string of the molecule is CC[C@H](O)c1ccccc1OCCCC#N. The van der Waals surface area contributed by atoms with E-state index in [9.17, 15) is 5.11 Å². The number of nitriles is 1. The largest absolute Gasteiger partial charge is 0.493 e. The number of benzene rings is 1. The summed E-state index contributed by atoms with van der Waals surface area (Å²) in [5.41, 5.74) is 0.821. The molecule has 0 aliphatic rings. The first-order valence-corrected chi connectivity index (χ1v) is 5.56. The lowest BCUT2D eigenvalue weighted by molar-refractivity contribution is 0.167. The van der Waals surface area contributed by atoms with Gasteiger partial charge in [-0.2, -0.15) is 5.26 Å². The van der Waals surface area contributed by atoms with Gasteiger partial charge in [0.15, 0.2) is 0 Å². The van der Waals surface area contributed by atoms with Gasteiger partial charge in [-0.1, -0.05) is 25.1 Å². The third-order valence-corrected chi connectivity index (χ3v) is 2.36. The maximum Gasteiger partial charge on any atom is 0.125 e. The monoisotopic (exact) mass is 219 g/mol. The van der Waals surface area contributed by atoms with Crippen molar-refractivity contribution in [1.82, 2.24) is 0 Å². The molecule has 0 aromatic heterocycles. The number of aliphatic hydroxyl groups is 1. The fourth-order valence-electron chi connectivity index (χ4n) is 1.44. The molecule has 3 heteroatoms. The highest BCUT2D eigenvalue weighted by Gasteiger charge is 2.10. The van der Waals surface area contributed by atoms with Crippen LogP contribution < -0.4 is 4.74 Å². The normalized spacial score (nSPS) is 11.8. The summed E-state index contributed by atoms with van der Waals surface area (Å²) in [6.07, 6.45) is 1.40. The summed E-state index contributed by atoms with van der Waals surface area (Å²) >= 11 is 0. The Kier molecular flexibility index (Phi) is 5.38. The minimum Gasteiger partial charge on any atom is -0.493 e. The summed E-state index contributed by atoms with van der Waals surface area (Å²) in [5, 5.41) is 18.2. The summed E-state index contributed by atoms with van der Waals surface area (Å²) in [7, 11) is 0. The van der Waals surface area contributed by atoms with Crippen LogP contribution in [0, 0.1) is 11.3 Å². The van der Waals surface area contributed by atoms with E-state index in [4.69, 9.17) is 10.00 Å². The van der Waals surface area contributed by atoms with Crippen molar-refractivity contribution >= 4 is 0 Å². The molecule has 1 rings (SSSR count). The Morgan fingerprint density at radius 2 is 2.19 bits per heavy atom. The molecule has 86 valence electrons. The van der Waals surface area contributed by atoms with Crippen LogP contribution in [-0.2, 0) is 0 Å². The van der Waals surface area contributed by atoms with E-state index in [0.29, 0.717) is 25.9 Å². The first kappa shape index (κ1) is 12.5. The second-order valence-corrected chi connectivity index (χ2v) is 3.57. The van der Waals surface area contributed by atoms with Crippen molar-refractivity contribution < 1.29 is 9.84 Å². The van der Waals surface area contributed by atoms with Gasteiger partial charge in [0.2, 0.25) is 0 Å². The minimum absolute atomic E-state index is 0.479. The van der Waals surface area contributed by atoms with E-state index in [2.05, 4.69) is 6.07 Å². The average Bonchev–Trinajstić information content (AvgIpc) is 2.34. The van der Waals surface area contributed by atoms with Crippen LogP contribution in [0.1, 0.15) is 37.9 Å². The van der Waals surface area contributed by atoms with Crippen molar-refractivity contribution in [2.24, 2.45) is 0 Å². The molecule has 0 unspecified atom stereocenters.